The van der Waals surface area contributed by atoms with Gasteiger partial charge in [-0.05, 0) is 60.2 Å². The van der Waals surface area contributed by atoms with E-state index in [4.69, 9.17) is 4.74 Å². The number of amides is 2. The number of ether oxygens (including phenoxy) is 1. The Balaban J connectivity index is 1.87. The summed E-state index contributed by atoms with van der Waals surface area (Å²) in [5.74, 6) is 0.192. The van der Waals surface area contributed by atoms with E-state index in [0.29, 0.717) is 18.7 Å². The Bertz CT molecular complexity index is 1150. The monoisotopic (exact) mass is 564 g/mol. The number of hydrogen-bond donors (Lipinski definition) is 1. The van der Waals surface area contributed by atoms with Crippen molar-refractivity contribution in [2.75, 3.05) is 6.61 Å². The van der Waals surface area contributed by atoms with Crippen molar-refractivity contribution in [2.24, 2.45) is 0 Å². The molecule has 0 aliphatic heterocycles. The molecule has 3 aromatic rings. The zero-order valence-electron chi connectivity index (χ0n) is 22.3. The van der Waals surface area contributed by atoms with Crippen molar-refractivity contribution < 1.29 is 14.3 Å². The summed E-state index contributed by atoms with van der Waals surface area (Å²) in [6.45, 7) is 10.4. The fourth-order valence-corrected chi connectivity index (χ4v) is 4.26. The van der Waals surface area contributed by atoms with Crippen molar-refractivity contribution in [1.82, 2.24) is 10.2 Å². The molecule has 0 spiro atoms. The summed E-state index contributed by atoms with van der Waals surface area (Å²) in [7, 11) is 0. The van der Waals surface area contributed by atoms with Gasteiger partial charge in [-0.25, -0.2) is 0 Å². The lowest BCUT2D eigenvalue weighted by Crippen LogP contribution is -2.52. The summed E-state index contributed by atoms with van der Waals surface area (Å²) in [6, 6.07) is 24.6. The molecule has 0 aliphatic rings. The number of halogens is 1. The molecule has 0 aromatic heterocycles. The van der Waals surface area contributed by atoms with Gasteiger partial charge in [-0.2, -0.15) is 0 Å². The molecule has 2 amide bonds. The summed E-state index contributed by atoms with van der Waals surface area (Å²) in [4.78, 5) is 28.7. The summed E-state index contributed by atoms with van der Waals surface area (Å²) in [5, 5.41) is 3.01. The molecule has 37 heavy (non-hydrogen) atoms. The number of nitrogens with one attached hydrogen (secondary N) is 1. The van der Waals surface area contributed by atoms with E-state index in [9.17, 15) is 9.59 Å². The predicted molar refractivity (Wildman–Crippen MR) is 153 cm³/mol. The van der Waals surface area contributed by atoms with Crippen molar-refractivity contribution in [2.45, 2.75) is 65.1 Å². The van der Waals surface area contributed by atoms with Gasteiger partial charge in [-0.15, -0.1) is 0 Å². The van der Waals surface area contributed by atoms with Crippen LogP contribution in [0, 0.1) is 0 Å². The lowest BCUT2D eigenvalue weighted by molar-refractivity contribution is -0.143. The Morgan fingerprint density at radius 1 is 0.892 bits per heavy atom. The van der Waals surface area contributed by atoms with Crippen LogP contribution in [-0.4, -0.2) is 35.4 Å². The summed E-state index contributed by atoms with van der Waals surface area (Å²) >= 11 is 3.47. The lowest BCUT2D eigenvalue weighted by Gasteiger charge is -2.32. The van der Waals surface area contributed by atoms with Crippen LogP contribution >= 0.6 is 15.9 Å². The van der Waals surface area contributed by atoms with Crippen molar-refractivity contribution >= 4 is 27.7 Å². The maximum Gasteiger partial charge on any atom is 0.261 e. The first-order valence-electron chi connectivity index (χ1n) is 12.6. The Hall–Kier alpha value is -3.12. The van der Waals surface area contributed by atoms with Crippen molar-refractivity contribution in [3.8, 4) is 5.75 Å². The van der Waals surface area contributed by atoms with E-state index >= 15 is 0 Å². The molecule has 3 rings (SSSR count). The first-order valence-corrected chi connectivity index (χ1v) is 13.4. The third kappa shape index (κ3) is 8.74. The van der Waals surface area contributed by atoms with Gasteiger partial charge < -0.3 is 15.0 Å². The molecule has 0 fully saturated rings. The van der Waals surface area contributed by atoms with Gasteiger partial charge in [0.2, 0.25) is 5.91 Å². The lowest BCUT2D eigenvalue weighted by atomic mass is 9.87. The molecule has 1 unspecified atom stereocenters. The van der Waals surface area contributed by atoms with Gasteiger partial charge in [0.1, 0.15) is 11.8 Å². The zero-order valence-corrected chi connectivity index (χ0v) is 23.9. The first kappa shape index (κ1) is 28.5. The SMILES string of the molecule is CC(C)NC(=O)C(Cc1ccccc1)N(Cc1ccc(Br)cc1)C(=O)COc1ccc(C(C)(C)C)cc1. The number of carbonyl (C=O) groups excluding carboxylic acids is 2. The number of benzene rings is 3. The van der Waals surface area contributed by atoms with Gasteiger partial charge in [0, 0.05) is 23.5 Å². The Morgan fingerprint density at radius 2 is 1.51 bits per heavy atom. The molecule has 0 bridgehead atoms. The van der Waals surface area contributed by atoms with E-state index in [2.05, 4.69) is 42.0 Å². The Labute approximate surface area is 229 Å². The predicted octanol–water partition coefficient (Wildman–Crippen LogP) is 6.29. The van der Waals surface area contributed by atoms with E-state index in [1.807, 2.05) is 92.7 Å². The van der Waals surface area contributed by atoms with Crippen molar-refractivity contribution in [3.63, 3.8) is 0 Å². The molecule has 0 saturated heterocycles. The molecule has 196 valence electrons. The highest BCUT2D eigenvalue weighted by Gasteiger charge is 2.31. The van der Waals surface area contributed by atoms with E-state index in [1.54, 1.807) is 4.90 Å². The molecule has 0 saturated carbocycles. The van der Waals surface area contributed by atoms with Crippen LogP contribution in [0.15, 0.2) is 83.3 Å². The van der Waals surface area contributed by atoms with Gasteiger partial charge >= 0.3 is 0 Å². The van der Waals surface area contributed by atoms with Crippen LogP contribution in [0.2, 0.25) is 0 Å². The van der Waals surface area contributed by atoms with Crippen molar-refractivity contribution in [1.29, 1.82) is 0 Å². The van der Waals surface area contributed by atoms with Crippen molar-refractivity contribution in [3.05, 3.63) is 100 Å². The van der Waals surface area contributed by atoms with E-state index in [0.717, 1.165) is 15.6 Å². The second-order valence-electron chi connectivity index (χ2n) is 10.6. The Kier molecular flexibility index (Phi) is 9.93. The van der Waals surface area contributed by atoms with Crippen LogP contribution < -0.4 is 10.1 Å². The number of rotatable bonds is 10. The number of carbonyl (C=O) groups is 2. The second-order valence-corrected chi connectivity index (χ2v) is 11.5. The van der Waals surface area contributed by atoms with Crippen LogP contribution in [0.3, 0.4) is 0 Å². The summed E-state index contributed by atoms with van der Waals surface area (Å²) in [5.41, 5.74) is 3.14. The molecular formula is C31H37BrN2O3. The van der Waals surface area contributed by atoms with E-state index in [1.165, 1.54) is 5.56 Å². The molecule has 5 nitrogen and oxygen atoms in total. The number of nitrogens with zero attached hydrogens (tertiary/aromatic N) is 1. The smallest absolute Gasteiger partial charge is 0.261 e. The molecular weight excluding hydrogens is 528 g/mol. The zero-order chi connectivity index (χ0) is 27.0. The van der Waals surface area contributed by atoms with Crippen LogP contribution in [0.1, 0.15) is 51.3 Å². The van der Waals surface area contributed by atoms with Gasteiger partial charge in [-0.3, -0.25) is 9.59 Å². The fraction of sp³-hybridized carbons (Fsp3) is 0.355. The number of hydrogen-bond acceptors (Lipinski definition) is 3. The average molecular weight is 566 g/mol. The minimum atomic E-state index is -0.687. The van der Waals surface area contributed by atoms with Gasteiger partial charge in [0.25, 0.3) is 5.91 Å². The topological polar surface area (TPSA) is 58.6 Å². The molecule has 0 aliphatic carbocycles. The standard InChI is InChI=1S/C31H37BrN2O3/c1-22(2)33-30(36)28(19-23-9-7-6-8-10-23)34(20-24-11-15-26(32)16-12-24)29(35)21-37-27-17-13-25(14-18-27)31(3,4)5/h6-18,22,28H,19-21H2,1-5H3,(H,33,36). The second kappa shape index (κ2) is 12.9. The van der Waals surface area contributed by atoms with Gasteiger partial charge in [-0.1, -0.05) is 91.3 Å². The van der Waals surface area contributed by atoms with Crippen LogP contribution in [0.4, 0.5) is 0 Å². The summed E-state index contributed by atoms with van der Waals surface area (Å²) in [6.07, 6.45) is 0.405. The van der Waals surface area contributed by atoms with Gasteiger partial charge in [0.05, 0.1) is 0 Å². The fourth-order valence-electron chi connectivity index (χ4n) is 4.00. The molecule has 0 heterocycles. The molecule has 0 radical (unpaired) electrons. The molecule has 1 N–H and O–H groups in total. The highest BCUT2D eigenvalue weighted by molar-refractivity contribution is 9.10. The third-order valence-electron chi connectivity index (χ3n) is 6.05. The summed E-state index contributed by atoms with van der Waals surface area (Å²) < 4.78 is 6.86. The normalized spacial score (nSPS) is 12.2. The quantitative estimate of drug-likeness (QED) is 0.315. The molecule has 6 heteroatoms. The van der Waals surface area contributed by atoms with Gasteiger partial charge in [0.15, 0.2) is 6.61 Å². The minimum absolute atomic E-state index is 0.0320. The van der Waals surface area contributed by atoms with E-state index in [-0.39, 0.29) is 29.9 Å². The van der Waals surface area contributed by atoms with Crippen LogP contribution in [0.5, 0.6) is 5.75 Å². The average Bonchev–Trinajstić information content (AvgIpc) is 2.85. The maximum atomic E-state index is 13.6. The third-order valence-corrected chi connectivity index (χ3v) is 6.58. The van der Waals surface area contributed by atoms with Crippen LogP contribution in [-0.2, 0) is 28.0 Å². The van der Waals surface area contributed by atoms with Crippen LogP contribution in [0.25, 0.3) is 0 Å². The highest BCUT2D eigenvalue weighted by Crippen LogP contribution is 2.24. The maximum absolute atomic E-state index is 13.6. The minimum Gasteiger partial charge on any atom is -0.484 e. The molecule has 1 atom stereocenters. The Morgan fingerprint density at radius 3 is 2.08 bits per heavy atom. The molecule has 3 aromatic carbocycles. The first-order chi connectivity index (χ1) is 17.5. The highest BCUT2D eigenvalue weighted by atomic mass is 79.9. The largest absolute Gasteiger partial charge is 0.484 e. The van der Waals surface area contributed by atoms with E-state index < -0.39 is 6.04 Å².